The average molecular weight is 290 g/mol. The number of nitrogens with zero attached hydrogens (tertiary/aromatic N) is 2. The zero-order valence-electron chi connectivity index (χ0n) is 11.6. The summed E-state index contributed by atoms with van der Waals surface area (Å²) in [7, 11) is 2.94. The first kappa shape index (κ1) is 13.4. The van der Waals surface area contributed by atoms with Crippen molar-refractivity contribution < 1.29 is 24.1 Å². The fourth-order valence-corrected chi connectivity index (χ4v) is 2.04. The van der Waals surface area contributed by atoms with Crippen LogP contribution >= 0.6 is 0 Å². The van der Waals surface area contributed by atoms with Gasteiger partial charge in [-0.1, -0.05) is 6.07 Å². The molecule has 0 amide bonds. The van der Waals surface area contributed by atoms with Crippen LogP contribution in [0.1, 0.15) is 17.4 Å². The lowest BCUT2D eigenvalue weighted by atomic mass is 10.1. The summed E-state index contributed by atoms with van der Waals surface area (Å²) in [6.07, 6.45) is 0.432. The molecule has 110 valence electrons. The molecule has 0 saturated heterocycles. The van der Waals surface area contributed by atoms with Crippen LogP contribution in [0.25, 0.3) is 0 Å². The fraction of sp³-hybridized carbons (Fsp3) is 0.286. The molecular formula is C14H14N2O5. The molecular weight excluding hydrogens is 276 g/mol. The maximum atomic E-state index is 10.5. The van der Waals surface area contributed by atoms with E-state index in [1.54, 1.807) is 18.2 Å². The molecule has 0 fully saturated rings. The SMILES string of the molecule is COc1cnc(C(O)c2ccc3c(c2)OCO3)c(OC)n1. The molecule has 1 atom stereocenters. The van der Waals surface area contributed by atoms with Crippen LogP contribution < -0.4 is 18.9 Å². The van der Waals surface area contributed by atoms with Gasteiger partial charge in [-0.2, -0.15) is 4.98 Å². The molecule has 21 heavy (non-hydrogen) atoms. The van der Waals surface area contributed by atoms with E-state index in [4.69, 9.17) is 18.9 Å². The molecule has 1 unspecified atom stereocenters. The molecule has 7 nitrogen and oxygen atoms in total. The predicted molar refractivity (Wildman–Crippen MR) is 71.8 cm³/mol. The Bertz CT molecular complexity index is 662. The van der Waals surface area contributed by atoms with Crippen molar-refractivity contribution >= 4 is 0 Å². The van der Waals surface area contributed by atoms with Gasteiger partial charge in [0, 0.05) is 0 Å². The maximum absolute atomic E-state index is 10.5. The summed E-state index contributed by atoms with van der Waals surface area (Å²) in [5, 5.41) is 10.5. The molecule has 0 bridgehead atoms. The highest BCUT2D eigenvalue weighted by Crippen LogP contribution is 2.36. The molecule has 3 rings (SSSR count). The van der Waals surface area contributed by atoms with E-state index in [-0.39, 0.29) is 12.7 Å². The molecule has 7 heteroatoms. The van der Waals surface area contributed by atoms with Crippen LogP contribution in [0.2, 0.25) is 0 Å². The molecule has 0 aliphatic carbocycles. The second kappa shape index (κ2) is 5.45. The minimum atomic E-state index is -0.993. The minimum absolute atomic E-state index is 0.181. The van der Waals surface area contributed by atoms with Crippen molar-refractivity contribution in [2.24, 2.45) is 0 Å². The molecule has 0 spiro atoms. The van der Waals surface area contributed by atoms with Crippen molar-refractivity contribution in [3.05, 3.63) is 35.7 Å². The van der Waals surface area contributed by atoms with Crippen molar-refractivity contribution in [2.75, 3.05) is 21.0 Å². The highest BCUT2D eigenvalue weighted by Gasteiger charge is 2.22. The first-order valence-corrected chi connectivity index (χ1v) is 6.25. The van der Waals surface area contributed by atoms with Crippen LogP contribution in [0, 0.1) is 0 Å². The number of rotatable bonds is 4. The van der Waals surface area contributed by atoms with Gasteiger partial charge in [-0.15, -0.1) is 0 Å². The van der Waals surface area contributed by atoms with Crippen LogP contribution in [0.15, 0.2) is 24.4 Å². The van der Waals surface area contributed by atoms with E-state index in [9.17, 15) is 5.11 Å². The van der Waals surface area contributed by atoms with Gasteiger partial charge in [-0.3, -0.25) is 0 Å². The molecule has 1 aromatic carbocycles. The number of hydrogen-bond donors (Lipinski definition) is 1. The third kappa shape index (κ3) is 2.43. The molecule has 1 N–H and O–H groups in total. The quantitative estimate of drug-likeness (QED) is 0.908. The average Bonchev–Trinajstić information content (AvgIpc) is 3.01. The number of benzene rings is 1. The third-order valence-corrected chi connectivity index (χ3v) is 3.12. The van der Waals surface area contributed by atoms with Gasteiger partial charge in [0.15, 0.2) is 11.5 Å². The standard InChI is InChI=1S/C14H14N2O5/c1-18-11-6-15-12(14(16-11)19-2)13(17)8-3-4-9-10(5-8)21-7-20-9/h3-6,13,17H,7H2,1-2H3. The highest BCUT2D eigenvalue weighted by atomic mass is 16.7. The fourth-order valence-electron chi connectivity index (χ4n) is 2.04. The summed E-state index contributed by atoms with van der Waals surface area (Å²) in [5.74, 6) is 1.76. The highest BCUT2D eigenvalue weighted by molar-refractivity contribution is 5.46. The van der Waals surface area contributed by atoms with Gasteiger partial charge in [-0.25, -0.2) is 4.98 Å². The zero-order chi connectivity index (χ0) is 14.8. The van der Waals surface area contributed by atoms with E-state index in [1.807, 2.05) is 0 Å². The summed E-state index contributed by atoms with van der Waals surface area (Å²) in [4.78, 5) is 8.26. The predicted octanol–water partition coefficient (Wildman–Crippen LogP) is 1.30. The first-order chi connectivity index (χ1) is 10.2. The lowest BCUT2D eigenvalue weighted by molar-refractivity contribution is 0.173. The third-order valence-electron chi connectivity index (χ3n) is 3.12. The minimum Gasteiger partial charge on any atom is -0.480 e. The van der Waals surface area contributed by atoms with Crippen LogP contribution in [-0.2, 0) is 0 Å². The molecule has 2 aromatic rings. The van der Waals surface area contributed by atoms with Gasteiger partial charge < -0.3 is 24.1 Å². The number of methoxy groups -OCH3 is 2. The van der Waals surface area contributed by atoms with E-state index in [0.717, 1.165) is 0 Å². The Balaban J connectivity index is 1.96. The van der Waals surface area contributed by atoms with Crippen LogP contribution in [-0.4, -0.2) is 36.1 Å². The van der Waals surface area contributed by atoms with E-state index in [2.05, 4.69) is 9.97 Å². The number of ether oxygens (including phenoxy) is 4. The molecule has 0 radical (unpaired) electrons. The monoisotopic (exact) mass is 290 g/mol. The van der Waals surface area contributed by atoms with Gasteiger partial charge in [0.05, 0.1) is 20.4 Å². The van der Waals surface area contributed by atoms with E-state index < -0.39 is 6.10 Å². The van der Waals surface area contributed by atoms with E-state index >= 15 is 0 Å². The Hall–Kier alpha value is -2.54. The Morgan fingerprint density at radius 2 is 2.00 bits per heavy atom. The normalized spacial score (nSPS) is 13.9. The van der Waals surface area contributed by atoms with Gasteiger partial charge in [-0.05, 0) is 17.7 Å². The first-order valence-electron chi connectivity index (χ1n) is 6.25. The molecule has 1 aliphatic rings. The van der Waals surface area contributed by atoms with Gasteiger partial charge in [0.1, 0.15) is 11.8 Å². The van der Waals surface area contributed by atoms with Gasteiger partial charge in [0.25, 0.3) is 0 Å². The summed E-state index contributed by atoms with van der Waals surface area (Å²) in [5.41, 5.74) is 0.911. The Morgan fingerprint density at radius 3 is 2.76 bits per heavy atom. The summed E-state index contributed by atoms with van der Waals surface area (Å²) in [6, 6.07) is 5.19. The number of aromatic nitrogens is 2. The van der Waals surface area contributed by atoms with Crippen LogP contribution in [0.5, 0.6) is 23.3 Å². The molecule has 1 aromatic heterocycles. The van der Waals surface area contributed by atoms with E-state index in [0.29, 0.717) is 28.6 Å². The molecule has 2 heterocycles. The van der Waals surface area contributed by atoms with E-state index in [1.165, 1.54) is 20.4 Å². The number of aliphatic hydroxyl groups is 1. The van der Waals surface area contributed by atoms with Crippen LogP contribution in [0.3, 0.4) is 0 Å². The number of aliphatic hydroxyl groups excluding tert-OH is 1. The van der Waals surface area contributed by atoms with Crippen molar-refractivity contribution in [1.29, 1.82) is 0 Å². The molecule has 1 aliphatic heterocycles. The van der Waals surface area contributed by atoms with Crippen molar-refractivity contribution in [3.63, 3.8) is 0 Å². The van der Waals surface area contributed by atoms with Crippen molar-refractivity contribution in [2.45, 2.75) is 6.10 Å². The second-order valence-electron chi connectivity index (χ2n) is 4.32. The summed E-state index contributed by atoms with van der Waals surface area (Å²) in [6.45, 7) is 0.181. The van der Waals surface area contributed by atoms with Crippen LogP contribution in [0.4, 0.5) is 0 Å². The summed E-state index contributed by atoms with van der Waals surface area (Å²) < 4.78 is 20.7. The Morgan fingerprint density at radius 1 is 1.19 bits per heavy atom. The lowest BCUT2D eigenvalue weighted by Gasteiger charge is -2.14. The van der Waals surface area contributed by atoms with Gasteiger partial charge in [0.2, 0.25) is 18.6 Å². The number of hydrogen-bond acceptors (Lipinski definition) is 7. The molecule has 0 saturated carbocycles. The van der Waals surface area contributed by atoms with Gasteiger partial charge >= 0.3 is 0 Å². The number of fused-ring (bicyclic) bond motifs is 1. The summed E-state index contributed by atoms with van der Waals surface area (Å²) >= 11 is 0. The van der Waals surface area contributed by atoms with Crippen molar-refractivity contribution in [1.82, 2.24) is 9.97 Å². The largest absolute Gasteiger partial charge is 0.480 e. The second-order valence-corrected chi connectivity index (χ2v) is 4.32. The smallest absolute Gasteiger partial charge is 0.241 e. The maximum Gasteiger partial charge on any atom is 0.241 e. The zero-order valence-corrected chi connectivity index (χ0v) is 11.6. The topological polar surface area (TPSA) is 82.9 Å². The Kier molecular flexibility index (Phi) is 3.49. The lowest BCUT2D eigenvalue weighted by Crippen LogP contribution is -2.07. The van der Waals surface area contributed by atoms with Crippen molar-refractivity contribution in [3.8, 4) is 23.3 Å². The Labute approximate surface area is 121 Å².